The molecular formula is C11H17N3O. The monoisotopic (exact) mass is 207 g/mol. The van der Waals surface area contributed by atoms with Crippen molar-refractivity contribution in [3.63, 3.8) is 0 Å². The molecule has 2 N–H and O–H groups in total. The lowest BCUT2D eigenvalue weighted by atomic mass is 9.94. The summed E-state index contributed by atoms with van der Waals surface area (Å²) in [4.78, 5) is 0. The number of hydrogen-bond donors (Lipinski definition) is 1. The molecule has 0 amide bonds. The van der Waals surface area contributed by atoms with Crippen LogP contribution in [0.5, 0.6) is 5.75 Å². The number of hydrogen-bond acceptors (Lipinski definition) is 3. The predicted molar refractivity (Wildman–Crippen MR) is 59.6 cm³/mol. The van der Waals surface area contributed by atoms with Gasteiger partial charge in [-0.25, -0.2) is 0 Å². The van der Waals surface area contributed by atoms with Gasteiger partial charge in [-0.15, -0.1) is 0 Å². The van der Waals surface area contributed by atoms with E-state index in [1.165, 1.54) is 5.57 Å². The number of nitrogens with two attached hydrogens (primary N) is 1. The zero-order valence-corrected chi connectivity index (χ0v) is 9.23. The van der Waals surface area contributed by atoms with Gasteiger partial charge in [0, 0.05) is 13.1 Å². The highest BCUT2D eigenvalue weighted by Gasteiger charge is 2.18. The first-order valence-electron chi connectivity index (χ1n) is 5.25. The van der Waals surface area contributed by atoms with Crippen LogP contribution in [0.25, 0.3) is 5.57 Å². The van der Waals surface area contributed by atoms with E-state index in [-0.39, 0.29) is 6.04 Å². The lowest BCUT2D eigenvalue weighted by Gasteiger charge is -2.18. The maximum absolute atomic E-state index is 5.93. The molecule has 1 atom stereocenters. The third-order valence-electron chi connectivity index (χ3n) is 2.83. The Hall–Kier alpha value is -1.29. The van der Waals surface area contributed by atoms with Gasteiger partial charge in [-0.05, 0) is 24.8 Å². The van der Waals surface area contributed by atoms with E-state index in [2.05, 4.69) is 11.2 Å². The molecule has 1 aromatic heterocycles. The maximum Gasteiger partial charge on any atom is 0.164 e. The number of ether oxygens (including phenoxy) is 1. The van der Waals surface area contributed by atoms with Crippen LogP contribution in [-0.4, -0.2) is 22.9 Å². The van der Waals surface area contributed by atoms with Gasteiger partial charge in [-0.2, -0.15) is 5.10 Å². The van der Waals surface area contributed by atoms with Gasteiger partial charge >= 0.3 is 0 Å². The molecule has 0 spiro atoms. The lowest BCUT2D eigenvalue weighted by Crippen LogP contribution is -2.20. The number of nitrogens with zero attached hydrogens (tertiary/aromatic N) is 2. The second-order valence-electron chi connectivity index (χ2n) is 3.93. The van der Waals surface area contributed by atoms with Gasteiger partial charge in [0.05, 0.1) is 13.3 Å². The molecule has 82 valence electrons. The summed E-state index contributed by atoms with van der Waals surface area (Å²) in [6, 6.07) is 0.174. The van der Waals surface area contributed by atoms with Crippen molar-refractivity contribution in [3.05, 3.63) is 18.0 Å². The van der Waals surface area contributed by atoms with Crippen LogP contribution < -0.4 is 10.5 Å². The Labute approximate surface area is 89.7 Å². The minimum absolute atomic E-state index is 0.174. The SMILES string of the molecule is COc1cnn(C)c1C1=CC(N)CCC1. The second kappa shape index (κ2) is 4.06. The van der Waals surface area contributed by atoms with E-state index in [0.29, 0.717) is 0 Å². The van der Waals surface area contributed by atoms with Crippen LogP contribution in [-0.2, 0) is 7.05 Å². The molecule has 0 fully saturated rings. The minimum atomic E-state index is 0.174. The highest BCUT2D eigenvalue weighted by Crippen LogP contribution is 2.31. The molecule has 0 aromatic carbocycles. The highest BCUT2D eigenvalue weighted by molar-refractivity contribution is 5.68. The molecule has 1 aliphatic carbocycles. The van der Waals surface area contributed by atoms with Gasteiger partial charge in [0.2, 0.25) is 0 Å². The Morgan fingerprint density at radius 3 is 3.07 bits per heavy atom. The molecule has 1 unspecified atom stereocenters. The molecule has 0 saturated heterocycles. The van der Waals surface area contributed by atoms with Crippen LogP contribution in [0.3, 0.4) is 0 Å². The topological polar surface area (TPSA) is 53.1 Å². The zero-order chi connectivity index (χ0) is 10.8. The summed E-state index contributed by atoms with van der Waals surface area (Å²) >= 11 is 0. The zero-order valence-electron chi connectivity index (χ0n) is 9.23. The molecule has 4 nitrogen and oxygen atoms in total. The number of aryl methyl sites for hydroxylation is 1. The Bertz CT molecular complexity index is 381. The van der Waals surface area contributed by atoms with E-state index >= 15 is 0 Å². The van der Waals surface area contributed by atoms with Crippen molar-refractivity contribution in [1.29, 1.82) is 0 Å². The average molecular weight is 207 g/mol. The van der Waals surface area contributed by atoms with Crippen molar-refractivity contribution in [1.82, 2.24) is 9.78 Å². The lowest BCUT2D eigenvalue weighted by molar-refractivity contribution is 0.412. The van der Waals surface area contributed by atoms with Crippen LogP contribution >= 0.6 is 0 Å². The van der Waals surface area contributed by atoms with Crippen LogP contribution in [0.15, 0.2) is 12.3 Å². The summed E-state index contributed by atoms with van der Waals surface area (Å²) in [5.74, 6) is 0.831. The fraction of sp³-hybridized carbons (Fsp3) is 0.545. The standard InChI is InChI=1S/C11H17N3O/c1-14-11(10(15-2)7-13-14)8-4-3-5-9(12)6-8/h6-7,9H,3-5,12H2,1-2H3. The van der Waals surface area contributed by atoms with Crippen LogP contribution in [0.4, 0.5) is 0 Å². The van der Waals surface area contributed by atoms with E-state index in [1.807, 2.05) is 11.7 Å². The number of aromatic nitrogens is 2. The molecule has 1 heterocycles. The van der Waals surface area contributed by atoms with E-state index < -0.39 is 0 Å². The van der Waals surface area contributed by atoms with Gasteiger partial charge in [0.25, 0.3) is 0 Å². The first kappa shape index (κ1) is 10.2. The second-order valence-corrected chi connectivity index (χ2v) is 3.93. The fourth-order valence-electron chi connectivity index (χ4n) is 2.08. The van der Waals surface area contributed by atoms with E-state index in [0.717, 1.165) is 30.7 Å². The third kappa shape index (κ3) is 1.90. The maximum atomic E-state index is 5.93. The first-order chi connectivity index (χ1) is 7.22. The van der Waals surface area contributed by atoms with Gasteiger partial charge < -0.3 is 10.5 Å². The van der Waals surface area contributed by atoms with Crippen molar-refractivity contribution in [3.8, 4) is 5.75 Å². The van der Waals surface area contributed by atoms with Gasteiger partial charge in [-0.3, -0.25) is 4.68 Å². The first-order valence-corrected chi connectivity index (χ1v) is 5.25. The van der Waals surface area contributed by atoms with E-state index in [1.54, 1.807) is 13.3 Å². The normalized spacial score (nSPS) is 21.3. The van der Waals surface area contributed by atoms with E-state index in [4.69, 9.17) is 10.5 Å². The molecule has 1 aliphatic rings. The quantitative estimate of drug-likeness (QED) is 0.795. The Kier molecular flexibility index (Phi) is 2.77. The molecule has 0 bridgehead atoms. The van der Waals surface area contributed by atoms with Crippen molar-refractivity contribution < 1.29 is 4.74 Å². The Morgan fingerprint density at radius 2 is 2.40 bits per heavy atom. The van der Waals surface area contributed by atoms with Crippen molar-refractivity contribution in [2.75, 3.05) is 7.11 Å². The van der Waals surface area contributed by atoms with Gasteiger partial charge in [0.1, 0.15) is 5.69 Å². The average Bonchev–Trinajstić information content (AvgIpc) is 2.59. The molecular weight excluding hydrogens is 190 g/mol. The molecule has 15 heavy (non-hydrogen) atoms. The molecule has 0 saturated carbocycles. The summed E-state index contributed by atoms with van der Waals surface area (Å²) in [7, 11) is 3.60. The molecule has 1 aromatic rings. The van der Waals surface area contributed by atoms with Crippen LogP contribution in [0, 0.1) is 0 Å². The van der Waals surface area contributed by atoms with Crippen molar-refractivity contribution in [2.24, 2.45) is 12.8 Å². The molecule has 4 heteroatoms. The molecule has 0 radical (unpaired) electrons. The van der Waals surface area contributed by atoms with Crippen molar-refractivity contribution in [2.45, 2.75) is 25.3 Å². The number of rotatable bonds is 2. The predicted octanol–water partition coefficient (Wildman–Crippen LogP) is 1.32. The molecule has 2 rings (SSSR count). The Morgan fingerprint density at radius 1 is 1.60 bits per heavy atom. The van der Waals surface area contributed by atoms with Crippen LogP contribution in [0.1, 0.15) is 25.0 Å². The fourth-order valence-corrected chi connectivity index (χ4v) is 2.08. The Balaban J connectivity index is 2.39. The van der Waals surface area contributed by atoms with Crippen LogP contribution in [0.2, 0.25) is 0 Å². The van der Waals surface area contributed by atoms with Crippen molar-refractivity contribution >= 4 is 5.57 Å². The van der Waals surface area contributed by atoms with E-state index in [9.17, 15) is 0 Å². The minimum Gasteiger partial charge on any atom is -0.493 e. The number of allylic oxidation sites excluding steroid dienone is 1. The summed E-state index contributed by atoms with van der Waals surface area (Å²) in [6.45, 7) is 0. The summed E-state index contributed by atoms with van der Waals surface area (Å²) < 4.78 is 7.14. The largest absolute Gasteiger partial charge is 0.493 e. The highest BCUT2D eigenvalue weighted by atomic mass is 16.5. The third-order valence-corrected chi connectivity index (χ3v) is 2.83. The summed E-state index contributed by atoms with van der Waals surface area (Å²) in [6.07, 6.45) is 7.15. The summed E-state index contributed by atoms with van der Waals surface area (Å²) in [5.41, 5.74) is 8.24. The smallest absolute Gasteiger partial charge is 0.164 e. The number of methoxy groups -OCH3 is 1. The van der Waals surface area contributed by atoms with Gasteiger partial charge in [0.15, 0.2) is 5.75 Å². The van der Waals surface area contributed by atoms with Gasteiger partial charge in [-0.1, -0.05) is 6.08 Å². The molecule has 0 aliphatic heterocycles. The summed E-state index contributed by atoms with van der Waals surface area (Å²) in [5, 5.41) is 4.20.